The van der Waals surface area contributed by atoms with E-state index in [9.17, 15) is 9.59 Å². The largest absolute Gasteiger partial charge is 0.349 e. The van der Waals surface area contributed by atoms with Crippen molar-refractivity contribution in [1.82, 2.24) is 10.2 Å². The Morgan fingerprint density at radius 3 is 2.62 bits per heavy atom. The van der Waals surface area contributed by atoms with E-state index in [0.717, 1.165) is 18.4 Å². The topological polar surface area (TPSA) is 73.2 Å². The van der Waals surface area contributed by atoms with Gasteiger partial charge in [-0.25, -0.2) is 0 Å². The lowest BCUT2D eigenvalue weighted by molar-refractivity contribution is 0.0789. The van der Waals surface area contributed by atoms with Crippen molar-refractivity contribution < 1.29 is 9.59 Å². The molecule has 0 radical (unpaired) electrons. The highest BCUT2D eigenvalue weighted by Gasteiger charge is 2.23. The van der Waals surface area contributed by atoms with Crippen LogP contribution in [0.3, 0.4) is 0 Å². The Balaban J connectivity index is 1.61. The monoisotopic (exact) mass is 339 g/mol. The number of carbonyl (C=O) groups excluding carboxylic acids is 2. The number of rotatable bonds is 5. The highest BCUT2D eigenvalue weighted by Crippen LogP contribution is 2.20. The maximum atomic E-state index is 12.3. The molecular formula is C18H17N3O2S. The van der Waals surface area contributed by atoms with Crippen LogP contribution in [0.1, 0.15) is 44.0 Å². The molecule has 0 spiro atoms. The van der Waals surface area contributed by atoms with E-state index >= 15 is 0 Å². The summed E-state index contributed by atoms with van der Waals surface area (Å²) >= 11 is 1.27. The minimum atomic E-state index is -0.114. The molecule has 24 heavy (non-hydrogen) atoms. The van der Waals surface area contributed by atoms with E-state index in [-0.39, 0.29) is 11.8 Å². The van der Waals surface area contributed by atoms with Crippen molar-refractivity contribution in [3.8, 4) is 6.07 Å². The van der Waals surface area contributed by atoms with Crippen LogP contribution in [0.4, 0.5) is 0 Å². The third-order valence-electron chi connectivity index (χ3n) is 3.83. The molecule has 6 heteroatoms. The van der Waals surface area contributed by atoms with Crippen LogP contribution in [0, 0.1) is 11.3 Å². The van der Waals surface area contributed by atoms with Crippen LogP contribution in [0.2, 0.25) is 0 Å². The molecule has 1 aliphatic rings. The van der Waals surface area contributed by atoms with Crippen LogP contribution in [-0.2, 0) is 6.54 Å². The van der Waals surface area contributed by atoms with Gasteiger partial charge in [0.15, 0.2) is 0 Å². The van der Waals surface area contributed by atoms with Crippen molar-refractivity contribution in [2.75, 3.05) is 7.05 Å². The second-order valence-corrected chi connectivity index (χ2v) is 6.83. The van der Waals surface area contributed by atoms with Gasteiger partial charge in [-0.1, -0.05) is 12.1 Å². The van der Waals surface area contributed by atoms with E-state index in [0.29, 0.717) is 28.6 Å². The molecule has 2 aromatic rings. The zero-order valence-electron chi connectivity index (χ0n) is 13.3. The summed E-state index contributed by atoms with van der Waals surface area (Å²) in [5.74, 6) is -0.159. The van der Waals surface area contributed by atoms with E-state index in [1.807, 2.05) is 18.2 Å². The number of hydrogen-bond acceptors (Lipinski definition) is 4. The summed E-state index contributed by atoms with van der Waals surface area (Å²) < 4.78 is 0. The maximum Gasteiger partial charge on any atom is 0.264 e. The molecular weight excluding hydrogens is 322 g/mol. The Hall–Kier alpha value is -2.65. The molecule has 2 amide bonds. The standard InChI is InChI=1S/C18H17N3O2S/c1-21(18(23)16-8-13(9-19)11-24-16)10-12-2-4-14(5-3-12)17(22)20-15-6-7-15/h2-5,8,11,15H,6-7,10H2,1H3,(H,20,22). The number of hydrogen-bond donors (Lipinski definition) is 1. The Labute approximate surface area is 144 Å². The van der Waals surface area contributed by atoms with Gasteiger partial charge in [0.25, 0.3) is 11.8 Å². The van der Waals surface area contributed by atoms with Crippen LogP contribution in [0.15, 0.2) is 35.7 Å². The fourth-order valence-electron chi connectivity index (χ4n) is 2.30. The van der Waals surface area contributed by atoms with Crippen molar-refractivity contribution in [2.24, 2.45) is 0 Å². The summed E-state index contributed by atoms with van der Waals surface area (Å²) in [7, 11) is 1.72. The van der Waals surface area contributed by atoms with Gasteiger partial charge in [-0.05, 0) is 36.6 Å². The summed E-state index contributed by atoms with van der Waals surface area (Å²) in [6.45, 7) is 0.448. The fourth-order valence-corrected chi connectivity index (χ4v) is 3.13. The van der Waals surface area contributed by atoms with Crippen molar-refractivity contribution in [3.63, 3.8) is 0 Å². The second-order valence-electron chi connectivity index (χ2n) is 5.92. The van der Waals surface area contributed by atoms with Gasteiger partial charge in [0.1, 0.15) is 6.07 Å². The van der Waals surface area contributed by atoms with E-state index < -0.39 is 0 Å². The van der Waals surface area contributed by atoms with Gasteiger partial charge in [0, 0.05) is 30.6 Å². The molecule has 1 N–H and O–H groups in total. The van der Waals surface area contributed by atoms with Gasteiger partial charge >= 0.3 is 0 Å². The normalized spacial score (nSPS) is 13.2. The first-order chi connectivity index (χ1) is 11.6. The van der Waals surface area contributed by atoms with Crippen molar-refractivity contribution >= 4 is 23.2 Å². The Bertz CT molecular complexity index is 800. The zero-order valence-corrected chi connectivity index (χ0v) is 14.1. The number of nitrogens with zero attached hydrogens (tertiary/aromatic N) is 2. The molecule has 5 nitrogen and oxygen atoms in total. The van der Waals surface area contributed by atoms with Gasteiger partial charge in [-0.2, -0.15) is 5.26 Å². The number of amides is 2. The first kappa shape index (κ1) is 16.2. The molecule has 0 unspecified atom stereocenters. The quantitative estimate of drug-likeness (QED) is 0.910. The molecule has 1 aliphatic carbocycles. The number of nitriles is 1. The van der Waals surface area contributed by atoms with Crippen LogP contribution in [-0.4, -0.2) is 29.8 Å². The predicted molar refractivity (Wildman–Crippen MR) is 91.8 cm³/mol. The molecule has 0 bridgehead atoms. The Morgan fingerprint density at radius 1 is 1.33 bits per heavy atom. The second kappa shape index (κ2) is 6.85. The number of thiophene rings is 1. The van der Waals surface area contributed by atoms with E-state index in [1.165, 1.54) is 11.3 Å². The third-order valence-corrected chi connectivity index (χ3v) is 4.75. The van der Waals surface area contributed by atoms with Gasteiger partial charge in [0.2, 0.25) is 0 Å². The van der Waals surface area contributed by atoms with Gasteiger partial charge < -0.3 is 10.2 Å². The molecule has 1 saturated carbocycles. The smallest absolute Gasteiger partial charge is 0.264 e. The minimum absolute atomic E-state index is 0.0453. The summed E-state index contributed by atoms with van der Waals surface area (Å²) in [6, 6.07) is 11.3. The van der Waals surface area contributed by atoms with Gasteiger partial charge in [-0.3, -0.25) is 9.59 Å². The first-order valence-electron chi connectivity index (χ1n) is 7.70. The zero-order chi connectivity index (χ0) is 17.1. The van der Waals surface area contributed by atoms with Gasteiger partial charge in [-0.15, -0.1) is 11.3 Å². The van der Waals surface area contributed by atoms with Crippen LogP contribution < -0.4 is 5.32 Å². The number of benzene rings is 1. The van der Waals surface area contributed by atoms with Crippen LogP contribution in [0.5, 0.6) is 0 Å². The van der Waals surface area contributed by atoms with Crippen LogP contribution in [0.25, 0.3) is 0 Å². The third kappa shape index (κ3) is 3.81. The highest BCUT2D eigenvalue weighted by atomic mass is 32.1. The molecule has 1 fully saturated rings. The molecule has 0 atom stereocenters. The summed E-state index contributed by atoms with van der Waals surface area (Å²) in [4.78, 5) is 26.5. The first-order valence-corrected chi connectivity index (χ1v) is 8.58. The molecule has 122 valence electrons. The number of carbonyl (C=O) groups is 2. The molecule has 3 rings (SSSR count). The summed E-state index contributed by atoms with van der Waals surface area (Å²) in [5.41, 5.74) is 2.09. The van der Waals surface area contributed by atoms with Crippen molar-refractivity contribution in [1.29, 1.82) is 5.26 Å². The lowest BCUT2D eigenvalue weighted by atomic mass is 10.1. The lowest BCUT2D eigenvalue weighted by Crippen LogP contribution is -2.26. The predicted octanol–water partition coefficient (Wildman–Crippen LogP) is 2.78. The van der Waals surface area contributed by atoms with Crippen molar-refractivity contribution in [2.45, 2.75) is 25.4 Å². The summed E-state index contributed by atoms with van der Waals surface area (Å²) in [5, 5.41) is 13.5. The Morgan fingerprint density at radius 2 is 2.04 bits per heavy atom. The molecule has 0 saturated heterocycles. The average molecular weight is 339 g/mol. The SMILES string of the molecule is CN(Cc1ccc(C(=O)NC2CC2)cc1)C(=O)c1cc(C#N)cs1. The lowest BCUT2D eigenvalue weighted by Gasteiger charge is -2.16. The Kier molecular flexibility index (Phi) is 4.63. The molecule has 1 aromatic carbocycles. The highest BCUT2D eigenvalue weighted by molar-refractivity contribution is 7.12. The fraction of sp³-hybridized carbons (Fsp3) is 0.278. The van der Waals surface area contributed by atoms with E-state index in [4.69, 9.17) is 5.26 Å². The molecule has 1 heterocycles. The van der Waals surface area contributed by atoms with Crippen molar-refractivity contribution in [3.05, 3.63) is 57.3 Å². The number of nitrogens with one attached hydrogen (secondary N) is 1. The van der Waals surface area contributed by atoms with Gasteiger partial charge in [0.05, 0.1) is 10.4 Å². The molecule has 0 aliphatic heterocycles. The average Bonchev–Trinajstić information content (AvgIpc) is 3.27. The van der Waals surface area contributed by atoms with Crippen LogP contribution >= 0.6 is 11.3 Å². The minimum Gasteiger partial charge on any atom is -0.349 e. The maximum absolute atomic E-state index is 12.3. The van der Waals surface area contributed by atoms with E-state index in [2.05, 4.69) is 5.32 Å². The van der Waals surface area contributed by atoms with E-state index in [1.54, 1.807) is 35.5 Å². The summed E-state index contributed by atoms with van der Waals surface area (Å²) in [6.07, 6.45) is 2.12. The molecule has 1 aromatic heterocycles.